The molecule has 0 aliphatic carbocycles. The van der Waals surface area contributed by atoms with Crippen LogP contribution in [0.25, 0.3) is 199 Å². The van der Waals surface area contributed by atoms with Gasteiger partial charge in [0.25, 0.3) is 6.71 Å². The Bertz CT molecular complexity index is 9870. The van der Waals surface area contributed by atoms with Crippen LogP contribution in [0.3, 0.4) is 0 Å². The van der Waals surface area contributed by atoms with E-state index < -0.39 is 65.9 Å². The number of anilines is 6. The van der Waals surface area contributed by atoms with Gasteiger partial charge in [0, 0.05) is 88.7 Å². The van der Waals surface area contributed by atoms with E-state index in [-0.39, 0.29) is 91.0 Å². The van der Waals surface area contributed by atoms with E-state index in [4.69, 9.17) is 4.42 Å². The van der Waals surface area contributed by atoms with Gasteiger partial charge in [-0.2, -0.15) is 0 Å². The average molecular weight is 1750 g/mol. The third kappa shape index (κ3) is 13.1. The van der Waals surface area contributed by atoms with Crippen LogP contribution in [-0.4, -0.2) is 15.8 Å². The van der Waals surface area contributed by atoms with Crippen LogP contribution < -0.4 is 26.2 Å². The minimum atomic E-state index is -0.856. The molecule has 2 aliphatic heterocycles. The number of rotatable bonds is 13. The Morgan fingerprint density at radius 1 is 0.243 bits per heavy atom. The molecule has 0 bridgehead atoms. The van der Waals surface area contributed by atoms with Crippen LogP contribution in [0.4, 0.5) is 34.1 Å². The van der Waals surface area contributed by atoms with E-state index in [0.717, 1.165) is 149 Å². The van der Waals surface area contributed by atoms with Crippen molar-refractivity contribution < 1.29 is 23.6 Å². The maximum atomic E-state index is 10.8. The van der Waals surface area contributed by atoms with Gasteiger partial charge in [-0.25, -0.2) is 0 Å². The number of furan rings is 1. The summed E-state index contributed by atoms with van der Waals surface area (Å²) in [6, 6.07) is 121. The molecule has 5 heterocycles. The van der Waals surface area contributed by atoms with Crippen molar-refractivity contribution in [3.63, 3.8) is 0 Å². The Balaban J connectivity index is 0.862. The van der Waals surface area contributed by atoms with E-state index in [2.05, 4.69) is 258 Å². The molecule has 0 spiro atoms. The summed E-state index contributed by atoms with van der Waals surface area (Å²) in [6.07, 6.45) is 0. The predicted molar refractivity (Wildman–Crippen MR) is 578 cm³/mol. The lowest BCUT2D eigenvalue weighted by Gasteiger charge is -2.46. The SMILES string of the molecule is [2H]c1c([2H])c([2H])c2c(c1[2H])c1c([2H])c(-c3cccc(-c4ccccc4)c3)c([2H])c([2H])c1n2-c1ccc2c(c1)N(c1c(-c3ccccc3)cc(C(C)(C)C)cc1-c1ccccc1)c1cc(-c3ccc4oc5ccccc5c4c3)cc3c1B2c1ccc(-n2c4c([2H])c([2H])c([2H])c([2H])c4c4c([2H])c(-c5cccc(-c6ccccc6)c5)c([2H])c([2H])c42)cc1N3c1c(-c2ccccc2)cc(C(C)(C)C)cc1-c1cc2ccccc2c2ccccc12. The smallest absolute Gasteiger partial charge is 0.252 e. The minimum Gasteiger partial charge on any atom is -0.456 e. The molecule has 26 rings (SSSR count). The molecule has 0 radical (unpaired) electrons. The second-order valence-corrected chi connectivity index (χ2v) is 37.9. The molecular weight excluding hydrogens is 1640 g/mol. The molecule has 0 atom stereocenters. The first-order valence-corrected chi connectivity index (χ1v) is 46.4. The van der Waals surface area contributed by atoms with E-state index in [1.807, 2.05) is 164 Å². The molecule has 0 saturated carbocycles. The topological polar surface area (TPSA) is 29.5 Å². The van der Waals surface area contributed by atoms with Crippen LogP contribution in [-0.2, 0) is 10.8 Å². The fourth-order valence-electron chi connectivity index (χ4n) is 21.2. The molecular formula is C130H93BN4O. The Morgan fingerprint density at radius 2 is 0.632 bits per heavy atom. The van der Waals surface area contributed by atoms with E-state index in [1.165, 1.54) is 0 Å². The summed E-state index contributed by atoms with van der Waals surface area (Å²) < 4.78 is 154. The van der Waals surface area contributed by atoms with Crippen molar-refractivity contribution >= 4 is 144 Å². The van der Waals surface area contributed by atoms with Gasteiger partial charge in [0.15, 0.2) is 0 Å². The lowest BCUT2D eigenvalue weighted by molar-refractivity contribution is 0.590. The normalized spacial score (nSPS) is 14.0. The van der Waals surface area contributed by atoms with Gasteiger partial charge in [-0.3, -0.25) is 0 Å². The summed E-state index contributed by atoms with van der Waals surface area (Å²) in [5.74, 6) is 0. The van der Waals surface area contributed by atoms with Gasteiger partial charge in [0.05, 0.1) is 52.6 Å². The maximum Gasteiger partial charge on any atom is 0.252 e. The van der Waals surface area contributed by atoms with Gasteiger partial charge in [0.1, 0.15) is 11.2 Å². The highest BCUT2D eigenvalue weighted by Crippen LogP contribution is 2.58. The summed E-state index contributed by atoms with van der Waals surface area (Å²) in [6.45, 7) is 12.6. The second kappa shape index (κ2) is 31.5. The molecule has 3 aromatic heterocycles. The molecule has 136 heavy (non-hydrogen) atoms. The van der Waals surface area contributed by atoms with Gasteiger partial charge in [-0.1, -0.05) is 363 Å². The van der Waals surface area contributed by atoms with Crippen molar-refractivity contribution in [3.05, 3.63) is 466 Å². The summed E-state index contributed by atoms with van der Waals surface area (Å²) in [5, 5.41) is 5.97. The zero-order valence-corrected chi connectivity index (χ0v) is 75.5. The predicted octanol–water partition coefficient (Wildman–Crippen LogP) is 33.8. The van der Waals surface area contributed by atoms with E-state index >= 15 is 0 Å². The van der Waals surface area contributed by atoms with Crippen molar-refractivity contribution in [2.75, 3.05) is 9.80 Å². The molecule has 6 heteroatoms. The zero-order chi connectivity index (χ0) is 103. The Labute approximate surface area is 811 Å². The second-order valence-electron chi connectivity index (χ2n) is 37.9. The number of hydrogen-bond donors (Lipinski definition) is 0. The highest BCUT2D eigenvalue weighted by molar-refractivity contribution is 7.00. The fourth-order valence-corrected chi connectivity index (χ4v) is 21.2. The number of benzene rings is 21. The van der Waals surface area contributed by atoms with Crippen molar-refractivity contribution in [1.82, 2.24) is 9.13 Å². The molecule has 0 saturated heterocycles. The number of fused-ring (bicyclic) bond motifs is 16. The third-order valence-corrected chi connectivity index (χ3v) is 27.8. The standard InChI is InChI=1S/C130H93BN4O/c1-129(2,3)96-76-106(84-38-16-9-17-39-84)127(107(77-96)85-40-18-10-19-41-85)134-120-80-98(132-116-55-29-26-52-103(116)110-70-91(58-65-118(110)132)89-47-32-45-87(68-89)82-34-12-7-13-35-82)61-63-114(120)131-115-64-62-99(133-117-56-30-27-53-104(117)111-71-92(59-66-119(111)133)90-48-33-46-88(69-90)83-36-14-8-15-37-83)81-121(115)135(123-75-95(74-122(134)126(123)131)93-60-67-125-112(72-93)105-54-28-31-57-124(105)136-125)128-108(86-42-20-11-21-43-86)78-97(130(4,5)6)79-113(128)109-73-94-44-22-23-49-100(94)101-50-24-25-51-102(101)109/h7-81H,1-6H3/i26D,27D,29D,30D,52D,53D,55D,56D,58D,59D,65D,66D,70D,71D. The fraction of sp³-hybridized carbons (Fsp3) is 0.0615. The van der Waals surface area contributed by atoms with Crippen LogP contribution in [0.15, 0.2) is 459 Å². The third-order valence-electron chi connectivity index (χ3n) is 27.8. The molecule has 5 nitrogen and oxygen atoms in total. The van der Waals surface area contributed by atoms with Crippen molar-refractivity contribution in [3.8, 4) is 112 Å². The van der Waals surface area contributed by atoms with Crippen LogP contribution in [0.1, 0.15) is 71.9 Å². The first-order chi connectivity index (χ1) is 72.6. The quantitative estimate of drug-likeness (QED) is 0.0851. The van der Waals surface area contributed by atoms with Crippen molar-refractivity contribution in [2.24, 2.45) is 0 Å². The molecule has 0 unspecified atom stereocenters. The van der Waals surface area contributed by atoms with Gasteiger partial charge >= 0.3 is 0 Å². The first kappa shape index (κ1) is 66.5. The summed E-state index contributed by atoms with van der Waals surface area (Å²) >= 11 is 0. The molecule has 21 aromatic carbocycles. The average Bonchev–Trinajstić information content (AvgIpc) is 0.989. The Morgan fingerprint density at radius 3 is 1.12 bits per heavy atom. The minimum absolute atomic E-state index is 0.00170. The lowest BCUT2D eigenvalue weighted by atomic mass is 9.33. The van der Waals surface area contributed by atoms with Gasteiger partial charge < -0.3 is 23.4 Å². The zero-order valence-electron chi connectivity index (χ0n) is 89.5. The van der Waals surface area contributed by atoms with E-state index in [0.29, 0.717) is 56.4 Å². The number of para-hydroxylation sites is 3. The van der Waals surface area contributed by atoms with Gasteiger partial charge in [-0.05, 0) is 271 Å². The molecule has 24 aromatic rings. The molecule has 2 aliphatic rings. The molecule has 0 N–H and O–H groups in total. The molecule has 0 amide bonds. The van der Waals surface area contributed by atoms with Gasteiger partial charge in [0.2, 0.25) is 0 Å². The van der Waals surface area contributed by atoms with E-state index in [9.17, 15) is 19.2 Å². The van der Waals surface area contributed by atoms with Crippen LogP contribution in [0, 0.1) is 0 Å². The lowest BCUT2D eigenvalue weighted by Crippen LogP contribution is -2.61. The molecule has 642 valence electrons. The van der Waals surface area contributed by atoms with E-state index in [1.54, 1.807) is 9.13 Å². The van der Waals surface area contributed by atoms with Gasteiger partial charge in [-0.15, -0.1) is 0 Å². The summed E-state index contributed by atoms with van der Waals surface area (Å²) in [5.41, 5.74) is 22.7. The molecule has 0 fully saturated rings. The van der Waals surface area contributed by atoms with Crippen molar-refractivity contribution in [2.45, 2.75) is 52.4 Å². The number of aromatic nitrogens is 2. The first-order valence-electron chi connectivity index (χ1n) is 53.4. The largest absolute Gasteiger partial charge is 0.456 e. The summed E-state index contributed by atoms with van der Waals surface area (Å²) in [4.78, 5) is 4.82. The van der Waals surface area contributed by atoms with Crippen LogP contribution >= 0.6 is 0 Å². The highest BCUT2D eigenvalue weighted by Gasteiger charge is 2.47. The van der Waals surface area contributed by atoms with Crippen LogP contribution in [0.5, 0.6) is 0 Å². The monoisotopic (exact) mass is 1750 g/mol. The maximum absolute atomic E-state index is 10.8. The number of nitrogens with zero attached hydrogens (tertiary/aromatic N) is 4. The van der Waals surface area contributed by atoms with Crippen molar-refractivity contribution in [1.29, 1.82) is 0 Å². The Hall–Kier alpha value is -16.8. The number of hydrogen-bond acceptors (Lipinski definition) is 3. The Kier molecular flexibility index (Phi) is 15.4. The van der Waals surface area contributed by atoms with Crippen LogP contribution in [0.2, 0.25) is 0 Å². The highest BCUT2D eigenvalue weighted by atomic mass is 16.3. The summed E-state index contributed by atoms with van der Waals surface area (Å²) in [7, 11) is 0.